The maximum atomic E-state index is 11.4. The third kappa shape index (κ3) is 4.53. The molecule has 1 heterocycles. The molecule has 0 spiro atoms. The van der Waals surface area contributed by atoms with Gasteiger partial charge in [0, 0.05) is 12.5 Å². The van der Waals surface area contributed by atoms with Crippen LogP contribution in [0, 0.1) is 18.8 Å². The lowest BCUT2D eigenvalue weighted by molar-refractivity contribution is 0.0535. The zero-order valence-electron chi connectivity index (χ0n) is 12.6. The summed E-state index contributed by atoms with van der Waals surface area (Å²) in [5.74, 6) is 6.45. The highest BCUT2D eigenvalue weighted by molar-refractivity contribution is 5.74. The van der Waals surface area contributed by atoms with E-state index in [4.69, 9.17) is 9.15 Å². The molecule has 0 aliphatic heterocycles. The highest BCUT2D eigenvalue weighted by Gasteiger charge is 2.14. The number of nitrogens with one attached hydrogen (secondary N) is 1. The summed E-state index contributed by atoms with van der Waals surface area (Å²) in [4.78, 5) is 15.6. The number of carbonyl (C=O) groups excluding carboxylic acids is 1. The zero-order chi connectivity index (χ0) is 15.5. The second-order valence-corrected chi connectivity index (χ2v) is 5.57. The monoisotopic (exact) mass is 286 g/mol. The van der Waals surface area contributed by atoms with Gasteiger partial charge >= 0.3 is 6.09 Å². The fraction of sp³-hybridized carbons (Fsp3) is 0.375. The lowest BCUT2D eigenvalue weighted by Gasteiger charge is -2.18. The minimum atomic E-state index is -0.507. The molecule has 1 N–H and O–H groups in total. The van der Waals surface area contributed by atoms with E-state index >= 15 is 0 Å². The minimum absolute atomic E-state index is 0.225. The van der Waals surface area contributed by atoms with E-state index in [2.05, 4.69) is 22.1 Å². The largest absolute Gasteiger partial charge is 0.444 e. The van der Waals surface area contributed by atoms with Gasteiger partial charge in [-0.1, -0.05) is 11.8 Å². The molecule has 1 amide bonds. The summed E-state index contributed by atoms with van der Waals surface area (Å²) in [7, 11) is 0. The van der Waals surface area contributed by atoms with E-state index < -0.39 is 11.7 Å². The van der Waals surface area contributed by atoms with Gasteiger partial charge in [-0.25, -0.2) is 9.78 Å². The molecule has 0 saturated heterocycles. The number of rotatable bonds is 1. The number of fused-ring (bicyclic) bond motifs is 1. The molecule has 1 aromatic heterocycles. The molecule has 5 heteroatoms. The highest BCUT2D eigenvalue weighted by atomic mass is 16.6. The van der Waals surface area contributed by atoms with E-state index in [-0.39, 0.29) is 6.54 Å². The van der Waals surface area contributed by atoms with Gasteiger partial charge in [0.05, 0.1) is 6.54 Å². The van der Waals surface area contributed by atoms with E-state index in [0.717, 1.165) is 11.1 Å². The third-order valence-corrected chi connectivity index (χ3v) is 2.45. The van der Waals surface area contributed by atoms with E-state index in [1.54, 1.807) is 6.92 Å². The van der Waals surface area contributed by atoms with Crippen LogP contribution in [0.25, 0.3) is 11.1 Å². The van der Waals surface area contributed by atoms with Crippen LogP contribution in [-0.2, 0) is 4.74 Å². The van der Waals surface area contributed by atoms with Gasteiger partial charge in [0.2, 0.25) is 0 Å². The van der Waals surface area contributed by atoms with Crippen LogP contribution in [0.4, 0.5) is 4.79 Å². The van der Waals surface area contributed by atoms with Gasteiger partial charge in [0.1, 0.15) is 11.1 Å². The normalized spacial score (nSPS) is 10.9. The second kappa shape index (κ2) is 5.88. The molecular weight excluding hydrogens is 268 g/mol. The average molecular weight is 286 g/mol. The fourth-order valence-corrected chi connectivity index (χ4v) is 1.69. The Kier molecular flexibility index (Phi) is 4.18. The molecule has 0 atom stereocenters. The van der Waals surface area contributed by atoms with Crippen molar-refractivity contribution in [3.8, 4) is 11.8 Å². The van der Waals surface area contributed by atoms with Crippen LogP contribution in [0.1, 0.15) is 32.2 Å². The molecule has 5 nitrogen and oxygen atoms in total. The smallest absolute Gasteiger partial charge is 0.408 e. The SMILES string of the molecule is Cc1nc2ccc(C#CCNC(=O)OC(C)(C)C)cc2o1. The predicted octanol–water partition coefficient (Wildman–Crippen LogP) is 3.01. The van der Waals surface area contributed by atoms with Crippen LogP contribution in [0.2, 0.25) is 0 Å². The number of benzene rings is 1. The Morgan fingerprint density at radius 3 is 2.90 bits per heavy atom. The zero-order valence-corrected chi connectivity index (χ0v) is 12.6. The Hall–Kier alpha value is -2.48. The van der Waals surface area contributed by atoms with Crippen molar-refractivity contribution in [2.45, 2.75) is 33.3 Å². The molecular formula is C16H18N2O3. The Bertz CT molecular complexity index is 714. The highest BCUT2D eigenvalue weighted by Crippen LogP contribution is 2.16. The molecule has 2 aromatic rings. The molecule has 2 rings (SSSR count). The van der Waals surface area contributed by atoms with Gasteiger partial charge in [-0.2, -0.15) is 0 Å². The van der Waals surface area contributed by atoms with E-state index in [1.165, 1.54) is 0 Å². The number of amides is 1. The Labute approximate surface area is 123 Å². The number of alkyl carbamates (subject to hydrolysis) is 1. The molecule has 1 aromatic carbocycles. The summed E-state index contributed by atoms with van der Waals surface area (Å²) in [6, 6.07) is 5.55. The Morgan fingerprint density at radius 1 is 1.43 bits per heavy atom. The lowest BCUT2D eigenvalue weighted by Crippen LogP contribution is -2.32. The summed E-state index contributed by atoms with van der Waals surface area (Å²) >= 11 is 0. The number of aryl methyl sites for hydroxylation is 1. The summed E-state index contributed by atoms with van der Waals surface area (Å²) in [6.45, 7) is 7.46. The van der Waals surface area contributed by atoms with Gasteiger partial charge in [0.25, 0.3) is 0 Å². The van der Waals surface area contributed by atoms with Crippen LogP contribution in [0.3, 0.4) is 0 Å². The van der Waals surface area contributed by atoms with Crippen molar-refractivity contribution in [1.82, 2.24) is 10.3 Å². The molecule has 21 heavy (non-hydrogen) atoms. The first-order chi connectivity index (χ1) is 9.83. The number of carbonyl (C=O) groups is 1. The van der Waals surface area contributed by atoms with Crippen molar-refractivity contribution in [2.75, 3.05) is 6.54 Å². The maximum Gasteiger partial charge on any atom is 0.408 e. The Morgan fingerprint density at radius 2 is 2.19 bits per heavy atom. The van der Waals surface area contributed by atoms with Crippen molar-refractivity contribution in [1.29, 1.82) is 0 Å². The summed E-state index contributed by atoms with van der Waals surface area (Å²) in [6.07, 6.45) is -0.474. The number of aromatic nitrogens is 1. The predicted molar refractivity (Wildman–Crippen MR) is 79.9 cm³/mol. The molecule has 110 valence electrons. The van der Waals surface area contributed by atoms with E-state index in [9.17, 15) is 4.79 Å². The number of nitrogens with zero attached hydrogens (tertiary/aromatic N) is 1. The van der Waals surface area contributed by atoms with Crippen LogP contribution < -0.4 is 5.32 Å². The number of oxazole rings is 1. The van der Waals surface area contributed by atoms with E-state index in [1.807, 2.05) is 39.0 Å². The van der Waals surface area contributed by atoms with Crippen molar-refractivity contribution in [3.05, 3.63) is 29.7 Å². The molecule has 0 saturated carbocycles. The van der Waals surface area contributed by atoms with Crippen molar-refractivity contribution < 1.29 is 13.9 Å². The first-order valence-corrected chi connectivity index (χ1v) is 6.66. The molecule has 0 fully saturated rings. The number of hydrogen-bond donors (Lipinski definition) is 1. The van der Waals surface area contributed by atoms with Crippen LogP contribution in [0.5, 0.6) is 0 Å². The van der Waals surface area contributed by atoms with Crippen molar-refractivity contribution >= 4 is 17.2 Å². The van der Waals surface area contributed by atoms with Crippen molar-refractivity contribution in [3.63, 3.8) is 0 Å². The van der Waals surface area contributed by atoms with Crippen LogP contribution >= 0.6 is 0 Å². The minimum Gasteiger partial charge on any atom is -0.444 e. The molecule has 0 bridgehead atoms. The third-order valence-electron chi connectivity index (χ3n) is 2.45. The lowest BCUT2D eigenvalue weighted by atomic mass is 10.2. The molecule has 0 aliphatic rings. The average Bonchev–Trinajstić information content (AvgIpc) is 2.71. The Balaban J connectivity index is 1.93. The second-order valence-electron chi connectivity index (χ2n) is 5.57. The fourth-order valence-electron chi connectivity index (χ4n) is 1.69. The number of ether oxygens (including phenoxy) is 1. The topological polar surface area (TPSA) is 64.4 Å². The van der Waals surface area contributed by atoms with Gasteiger partial charge in [-0.15, -0.1) is 0 Å². The number of hydrogen-bond acceptors (Lipinski definition) is 4. The maximum absolute atomic E-state index is 11.4. The standard InChI is InChI=1S/C16H18N2O3/c1-11-18-13-8-7-12(10-14(13)20-11)6-5-9-17-15(19)21-16(2,3)4/h7-8,10H,9H2,1-4H3,(H,17,19). The van der Waals surface area contributed by atoms with Crippen molar-refractivity contribution in [2.24, 2.45) is 0 Å². The molecule has 0 unspecified atom stereocenters. The summed E-state index contributed by atoms with van der Waals surface area (Å²) in [5, 5.41) is 2.58. The van der Waals surface area contributed by atoms with Gasteiger partial charge in [-0.05, 0) is 39.0 Å². The van der Waals surface area contributed by atoms with E-state index in [0.29, 0.717) is 11.5 Å². The first kappa shape index (κ1) is 14.9. The molecule has 0 aliphatic carbocycles. The quantitative estimate of drug-likeness (QED) is 0.818. The first-order valence-electron chi connectivity index (χ1n) is 6.66. The van der Waals surface area contributed by atoms with Gasteiger partial charge in [0.15, 0.2) is 11.5 Å². The molecule has 0 radical (unpaired) electrons. The van der Waals surface area contributed by atoms with Gasteiger partial charge < -0.3 is 14.5 Å². The van der Waals surface area contributed by atoms with Crippen LogP contribution in [0.15, 0.2) is 22.6 Å². The summed E-state index contributed by atoms with van der Waals surface area (Å²) in [5.41, 5.74) is 1.82. The summed E-state index contributed by atoms with van der Waals surface area (Å²) < 4.78 is 10.5. The van der Waals surface area contributed by atoms with Crippen LogP contribution in [-0.4, -0.2) is 23.2 Å². The van der Waals surface area contributed by atoms with Gasteiger partial charge in [-0.3, -0.25) is 0 Å².